The van der Waals surface area contributed by atoms with Gasteiger partial charge in [-0.2, -0.15) is 0 Å². The highest BCUT2D eigenvalue weighted by Crippen LogP contribution is 2.27. The van der Waals surface area contributed by atoms with Crippen molar-refractivity contribution < 1.29 is 8.42 Å². The van der Waals surface area contributed by atoms with E-state index in [0.717, 1.165) is 31.9 Å². The summed E-state index contributed by atoms with van der Waals surface area (Å²) >= 11 is 0. The molecule has 1 aliphatic rings. The van der Waals surface area contributed by atoms with E-state index in [1.54, 1.807) is 21.0 Å². The number of imidazole rings is 1. The van der Waals surface area contributed by atoms with Gasteiger partial charge in [0.15, 0.2) is 5.96 Å². The lowest BCUT2D eigenvalue weighted by Crippen LogP contribution is -2.49. The fourth-order valence-corrected chi connectivity index (χ4v) is 4.14. The predicted octanol–water partition coefficient (Wildman–Crippen LogP) is 1.01. The second kappa shape index (κ2) is 9.36. The summed E-state index contributed by atoms with van der Waals surface area (Å²) in [5.74, 6) is 1.61. The number of likely N-dealkylation sites (tertiary alicyclic amines) is 1. The third-order valence-electron chi connectivity index (χ3n) is 5.11. The minimum Gasteiger partial charge on any atom is -0.356 e. The molecule has 9 heteroatoms. The zero-order valence-electron chi connectivity index (χ0n) is 16.3. The topological polar surface area (TPSA) is 82.8 Å². The van der Waals surface area contributed by atoms with E-state index in [-0.39, 0.29) is 5.75 Å². The lowest BCUT2D eigenvalue weighted by atomic mass is 9.93. The molecule has 0 saturated carbocycles. The van der Waals surface area contributed by atoms with Crippen molar-refractivity contribution in [3.05, 3.63) is 18.7 Å². The van der Waals surface area contributed by atoms with Gasteiger partial charge in [-0.05, 0) is 25.7 Å². The second-order valence-electron chi connectivity index (χ2n) is 6.84. The van der Waals surface area contributed by atoms with Crippen molar-refractivity contribution in [2.45, 2.75) is 32.7 Å². The van der Waals surface area contributed by atoms with E-state index < -0.39 is 10.0 Å². The van der Waals surface area contributed by atoms with Crippen molar-refractivity contribution in [1.29, 1.82) is 0 Å². The van der Waals surface area contributed by atoms with E-state index in [1.165, 1.54) is 4.31 Å². The summed E-state index contributed by atoms with van der Waals surface area (Å²) in [5.41, 5.74) is 0. The molecule has 2 unspecified atom stereocenters. The maximum atomic E-state index is 11.8. The average molecular weight is 385 g/mol. The van der Waals surface area contributed by atoms with Gasteiger partial charge in [-0.1, -0.05) is 6.92 Å². The molecule has 0 amide bonds. The van der Waals surface area contributed by atoms with Gasteiger partial charge < -0.3 is 14.8 Å². The number of piperidine rings is 1. The molecule has 148 valence electrons. The van der Waals surface area contributed by atoms with Crippen LogP contribution >= 0.6 is 0 Å². The first-order valence-corrected chi connectivity index (χ1v) is 10.9. The first-order valence-electron chi connectivity index (χ1n) is 9.26. The molecular formula is C17H32N6O2S. The van der Waals surface area contributed by atoms with Crippen molar-refractivity contribution >= 4 is 16.0 Å². The number of guanidine groups is 1. The number of nitrogens with zero attached hydrogens (tertiary/aromatic N) is 5. The number of rotatable bonds is 7. The number of aliphatic imine (C=N–C) groups is 1. The zero-order chi connectivity index (χ0) is 19.2. The standard InChI is InChI=1S/C17H32N6O2S/c1-5-26(24,25)21(4)10-6-8-20-17(18-3)22-11-7-15(2)16(13-22)23-12-9-19-14-23/h9,12,14-16H,5-8,10-11,13H2,1-4H3,(H,18,20). The van der Waals surface area contributed by atoms with E-state index in [0.29, 0.717) is 25.0 Å². The Labute approximate surface area is 157 Å². The zero-order valence-corrected chi connectivity index (χ0v) is 17.1. The highest BCUT2D eigenvalue weighted by Gasteiger charge is 2.28. The van der Waals surface area contributed by atoms with Crippen LogP contribution in [0.25, 0.3) is 0 Å². The first-order chi connectivity index (χ1) is 12.4. The molecule has 0 spiro atoms. The van der Waals surface area contributed by atoms with Crippen molar-refractivity contribution in [2.75, 3.05) is 46.0 Å². The first kappa shape index (κ1) is 20.7. The fourth-order valence-electron chi connectivity index (χ4n) is 3.29. The number of hydrogen-bond acceptors (Lipinski definition) is 4. The highest BCUT2D eigenvalue weighted by molar-refractivity contribution is 7.89. The van der Waals surface area contributed by atoms with Gasteiger partial charge in [-0.15, -0.1) is 0 Å². The number of sulfonamides is 1. The SMILES string of the molecule is CCS(=O)(=O)N(C)CCCNC(=NC)N1CCC(C)C(n2ccnc2)C1. The normalized spacial score (nSPS) is 22.0. The Morgan fingerprint density at radius 3 is 2.85 bits per heavy atom. The Morgan fingerprint density at radius 1 is 1.46 bits per heavy atom. The maximum Gasteiger partial charge on any atom is 0.213 e. The van der Waals surface area contributed by atoms with Crippen molar-refractivity contribution in [3.8, 4) is 0 Å². The lowest BCUT2D eigenvalue weighted by Gasteiger charge is -2.39. The van der Waals surface area contributed by atoms with Crippen molar-refractivity contribution in [2.24, 2.45) is 10.9 Å². The van der Waals surface area contributed by atoms with Crippen LogP contribution in [0.2, 0.25) is 0 Å². The van der Waals surface area contributed by atoms with Crippen LogP contribution in [0.1, 0.15) is 32.7 Å². The van der Waals surface area contributed by atoms with Gasteiger partial charge in [0.25, 0.3) is 0 Å². The third kappa shape index (κ3) is 5.20. The largest absolute Gasteiger partial charge is 0.356 e. The second-order valence-corrected chi connectivity index (χ2v) is 9.20. The van der Waals surface area contributed by atoms with Gasteiger partial charge in [0.05, 0.1) is 18.1 Å². The Morgan fingerprint density at radius 2 is 2.23 bits per heavy atom. The molecule has 2 rings (SSSR count). The summed E-state index contributed by atoms with van der Waals surface area (Å²) in [5, 5.41) is 3.37. The predicted molar refractivity (Wildman–Crippen MR) is 105 cm³/mol. The molecule has 26 heavy (non-hydrogen) atoms. The number of nitrogens with one attached hydrogen (secondary N) is 1. The van der Waals surface area contributed by atoms with Crippen molar-refractivity contribution in [1.82, 2.24) is 24.1 Å². The Balaban J connectivity index is 1.85. The fraction of sp³-hybridized carbons (Fsp3) is 0.765. The van der Waals surface area contributed by atoms with Crippen LogP contribution in [-0.2, 0) is 10.0 Å². The average Bonchev–Trinajstić information content (AvgIpc) is 3.16. The molecule has 0 radical (unpaired) electrons. The van der Waals surface area contributed by atoms with Gasteiger partial charge in [0.2, 0.25) is 10.0 Å². The number of aromatic nitrogens is 2. The molecule has 1 aromatic rings. The minimum atomic E-state index is -3.11. The molecule has 2 atom stereocenters. The third-order valence-corrected chi connectivity index (χ3v) is 6.97. The molecule has 1 N–H and O–H groups in total. The van der Waals surface area contributed by atoms with Gasteiger partial charge in [-0.25, -0.2) is 17.7 Å². The van der Waals surface area contributed by atoms with E-state index >= 15 is 0 Å². The monoisotopic (exact) mass is 384 g/mol. The molecule has 0 aromatic carbocycles. The summed E-state index contributed by atoms with van der Waals surface area (Å²) in [4.78, 5) is 10.9. The van der Waals surface area contributed by atoms with Gasteiger partial charge in [0.1, 0.15) is 0 Å². The van der Waals surface area contributed by atoms with Crippen molar-refractivity contribution in [3.63, 3.8) is 0 Å². The van der Waals surface area contributed by atoms with E-state index in [1.807, 2.05) is 18.7 Å². The van der Waals surface area contributed by atoms with Crippen LogP contribution in [0.4, 0.5) is 0 Å². The highest BCUT2D eigenvalue weighted by atomic mass is 32.2. The van der Waals surface area contributed by atoms with Gasteiger partial charge >= 0.3 is 0 Å². The lowest BCUT2D eigenvalue weighted by molar-refractivity contribution is 0.189. The Kier molecular flexibility index (Phi) is 7.45. The number of hydrogen-bond donors (Lipinski definition) is 1. The van der Waals surface area contributed by atoms with Gasteiger partial charge in [-0.3, -0.25) is 4.99 Å². The molecule has 1 aliphatic heterocycles. The molecule has 1 saturated heterocycles. The molecule has 2 heterocycles. The summed E-state index contributed by atoms with van der Waals surface area (Å²) < 4.78 is 27.2. The Bertz CT molecular complexity index is 673. The summed E-state index contributed by atoms with van der Waals surface area (Å²) in [6.45, 7) is 7.01. The molecule has 1 fully saturated rings. The molecule has 1 aromatic heterocycles. The van der Waals surface area contributed by atoms with Gasteiger partial charge in [0, 0.05) is 52.7 Å². The van der Waals surface area contributed by atoms with Crippen LogP contribution < -0.4 is 5.32 Å². The molecule has 0 aliphatic carbocycles. The van der Waals surface area contributed by atoms with Crippen LogP contribution in [0.15, 0.2) is 23.7 Å². The molecular weight excluding hydrogens is 352 g/mol. The summed E-state index contributed by atoms with van der Waals surface area (Å²) in [7, 11) is 0.319. The van der Waals surface area contributed by atoms with E-state index in [4.69, 9.17) is 0 Å². The van der Waals surface area contributed by atoms with Crippen LogP contribution in [0, 0.1) is 5.92 Å². The van der Waals surface area contributed by atoms with Crippen LogP contribution in [-0.4, -0.2) is 79.2 Å². The van der Waals surface area contributed by atoms with Crippen LogP contribution in [0.3, 0.4) is 0 Å². The summed E-state index contributed by atoms with van der Waals surface area (Å²) in [6.07, 6.45) is 7.56. The van der Waals surface area contributed by atoms with E-state index in [2.05, 4.69) is 31.7 Å². The quantitative estimate of drug-likeness (QED) is 0.431. The minimum absolute atomic E-state index is 0.139. The van der Waals surface area contributed by atoms with Crippen LogP contribution in [0.5, 0.6) is 0 Å². The molecule has 8 nitrogen and oxygen atoms in total. The smallest absolute Gasteiger partial charge is 0.213 e. The van der Waals surface area contributed by atoms with E-state index in [9.17, 15) is 8.42 Å². The molecule has 0 bridgehead atoms. The maximum absolute atomic E-state index is 11.8. The summed E-state index contributed by atoms with van der Waals surface area (Å²) in [6, 6.07) is 0.380. The Hall–Kier alpha value is -1.61.